The van der Waals surface area contributed by atoms with Crippen LogP contribution in [0.1, 0.15) is 21.7 Å². The third kappa shape index (κ3) is 1.46. The molecule has 2 aliphatic rings. The van der Waals surface area contributed by atoms with Crippen LogP contribution in [0.5, 0.6) is 0 Å². The van der Waals surface area contributed by atoms with Crippen LogP contribution in [0.15, 0.2) is 0 Å². The minimum atomic E-state index is -0.952. The number of nitrogens with zero attached hydrogens (tertiary/aromatic N) is 3. The van der Waals surface area contributed by atoms with Crippen LogP contribution in [-0.2, 0) is 19.5 Å². The van der Waals surface area contributed by atoms with E-state index in [4.69, 9.17) is 5.11 Å². The average molecular weight is 236 g/mol. The molecule has 1 aromatic heterocycles. The minimum absolute atomic E-state index is 0.155. The molecule has 0 aromatic carbocycles. The van der Waals surface area contributed by atoms with Gasteiger partial charge in [-0.25, -0.2) is 4.79 Å². The van der Waals surface area contributed by atoms with Crippen molar-refractivity contribution in [3.05, 3.63) is 17.0 Å². The first kappa shape index (κ1) is 10.1. The molecule has 7 heteroatoms. The van der Waals surface area contributed by atoms with Gasteiger partial charge in [-0.15, -0.1) is 0 Å². The van der Waals surface area contributed by atoms with E-state index in [1.54, 1.807) is 4.68 Å². The quantitative estimate of drug-likeness (QED) is 0.645. The summed E-state index contributed by atoms with van der Waals surface area (Å²) in [6, 6.07) is 0. The lowest BCUT2D eigenvalue weighted by atomic mass is 10.0. The molecular formula is C10H12N4O3. The molecular weight excluding hydrogens is 224 g/mol. The Morgan fingerprint density at radius 1 is 1.41 bits per heavy atom. The molecule has 0 radical (unpaired) electrons. The summed E-state index contributed by atoms with van der Waals surface area (Å²) in [7, 11) is 0. The van der Waals surface area contributed by atoms with Gasteiger partial charge in [-0.2, -0.15) is 5.10 Å². The van der Waals surface area contributed by atoms with Crippen LogP contribution in [0.2, 0.25) is 0 Å². The molecule has 0 aliphatic carbocycles. The zero-order chi connectivity index (χ0) is 12.0. The predicted molar refractivity (Wildman–Crippen MR) is 56.7 cm³/mol. The molecule has 3 heterocycles. The highest BCUT2D eigenvalue weighted by Gasteiger charge is 2.31. The molecule has 2 aliphatic heterocycles. The summed E-state index contributed by atoms with van der Waals surface area (Å²) in [6.07, 6.45) is -0.374. The van der Waals surface area contributed by atoms with Crippen molar-refractivity contribution in [3.63, 3.8) is 0 Å². The van der Waals surface area contributed by atoms with Gasteiger partial charge in [0.2, 0.25) is 0 Å². The van der Waals surface area contributed by atoms with Crippen LogP contribution >= 0.6 is 0 Å². The lowest BCUT2D eigenvalue weighted by Crippen LogP contribution is -2.38. The van der Waals surface area contributed by atoms with Gasteiger partial charge in [0, 0.05) is 25.1 Å². The average Bonchev–Trinajstić information content (AvgIpc) is 2.67. The molecule has 17 heavy (non-hydrogen) atoms. The Balaban J connectivity index is 2.03. The van der Waals surface area contributed by atoms with Crippen LogP contribution in [0.3, 0.4) is 0 Å². The van der Waals surface area contributed by atoms with Crippen molar-refractivity contribution in [1.29, 1.82) is 0 Å². The number of fused-ring (bicyclic) bond motifs is 3. The monoisotopic (exact) mass is 236 g/mol. The van der Waals surface area contributed by atoms with E-state index >= 15 is 0 Å². The molecule has 2 amide bonds. The lowest BCUT2D eigenvalue weighted by Gasteiger charge is -2.24. The number of rotatable bonds is 0. The second-order valence-electron chi connectivity index (χ2n) is 4.21. The summed E-state index contributed by atoms with van der Waals surface area (Å²) >= 11 is 0. The Morgan fingerprint density at radius 3 is 3.00 bits per heavy atom. The van der Waals surface area contributed by atoms with Gasteiger partial charge in [0.05, 0.1) is 18.8 Å². The van der Waals surface area contributed by atoms with Crippen LogP contribution in [0.4, 0.5) is 4.79 Å². The van der Waals surface area contributed by atoms with Crippen LogP contribution in [0.25, 0.3) is 0 Å². The predicted octanol–water partition coefficient (Wildman–Crippen LogP) is -0.337. The minimum Gasteiger partial charge on any atom is -0.465 e. The first-order valence-electron chi connectivity index (χ1n) is 5.51. The van der Waals surface area contributed by atoms with Gasteiger partial charge in [0.1, 0.15) is 5.69 Å². The summed E-state index contributed by atoms with van der Waals surface area (Å²) in [6.45, 7) is 1.93. The van der Waals surface area contributed by atoms with Gasteiger partial charge in [-0.05, 0) is 0 Å². The van der Waals surface area contributed by atoms with Crippen molar-refractivity contribution in [2.45, 2.75) is 19.5 Å². The maximum Gasteiger partial charge on any atom is 0.407 e. The topological polar surface area (TPSA) is 87.5 Å². The highest BCUT2D eigenvalue weighted by atomic mass is 16.4. The van der Waals surface area contributed by atoms with Crippen LogP contribution in [0, 0.1) is 0 Å². The van der Waals surface area contributed by atoms with Gasteiger partial charge in [0.15, 0.2) is 0 Å². The van der Waals surface area contributed by atoms with E-state index in [2.05, 4.69) is 10.4 Å². The van der Waals surface area contributed by atoms with E-state index in [9.17, 15) is 9.59 Å². The number of carboxylic acid groups (broad SMARTS) is 1. The molecule has 0 unspecified atom stereocenters. The number of nitrogens with one attached hydrogen (secondary N) is 1. The van der Waals surface area contributed by atoms with Gasteiger partial charge < -0.3 is 15.3 Å². The fraction of sp³-hybridized carbons (Fsp3) is 0.500. The SMILES string of the molecule is O=C1NCCn2nc3c(c21)CN(C(=O)O)CC3. The highest BCUT2D eigenvalue weighted by molar-refractivity contribution is 5.95. The standard InChI is InChI=1S/C10H12N4O3/c15-9-8-6-5-13(10(16)17)3-1-7(6)12-14(8)4-2-11-9/h1-5H2,(H,11,15)(H,16,17). The summed E-state index contributed by atoms with van der Waals surface area (Å²) in [4.78, 5) is 24.0. The Bertz CT molecular complexity index is 508. The van der Waals surface area contributed by atoms with Crippen LogP contribution in [-0.4, -0.2) is 44.9 Å². The molecule has 0 bridgehead atoms. The number of carbonyl (C=O) groups excluding carboxylic acids is 1. The van der Waals surface area contributed by atoms with E-state index < -0.39 is 6.09 Å². The maximum atomic E-state index is 11.8. The molecule has 0 saturated heterocycles. The smallest absolute Gasteiger partial charge is 0.407 e. The molecule has 3 rings (SSSR count). The summed E-state index contributed by atoms with van der Waals surface area (Å²) < 4.78 is 1.69. The summed E-state index contributed by atoms with van der Waals surface area (Å²) in [5.41, 5.74) is 2.14. The summed E-state index contributed by atoms with van der Waals surface area (Å²) in [5.74, 6) is -0.155. The molecule has 90 valence electrons. The van der Waals surface area contributed by atoms with Gasteiger partial charge in [-0.1, -0.05) is 0 Å². The van der Waals surface area contributed by atoms with E-state index in [-0.39, 0.29) is 12.5 Å². The van der Waals surface area contributed by atoms with Crippen molar-refractivity contribution >= 4 is 12.0 Å². The summed E-state index contributed by atoms with van der Waals surface area (Å²) in [5, 5.41) is 16.1. The number of hydrogen-bond acceptors (Lipinski definition) is 3. The molecule has 0 atom stereocenters. The molecule has 2 N–H and O–H groups in total. The largest absolute Gasteiger partial charge is 0.465 e. The Kier molecular flexibility index (Phi) is 2.07. The number of carbonyl (C=O) groups is 2. The Morgan fingerprint density at radius 2 is 2.24 bits per heavy atom. The van der Waals surface area contributed by atoms with Gasteiger partial charge >= 0.3 is 6.09 Å². The second kappa shape index (κ2) is 3.47. The first-order chi connectivity index (χ1) is 8.16. The molecule has 7 nitrogen and oxygen atoms in total. The van der Waals surface area contributed by atoms with E-state index in [1.807, 2.05) is 0 Å². The van der Waals surface area contributed by atoms with Crippen molar-refractivity contribution in [3.8, 4) is 0 Å². The molecule has 0 saturated carbocycles. The number of amides is 2. The Hall–Kier alpha value is -2.05. The lowest BCUT2D eigenvalue weighted by molar-refractivity contribution is 0.0920. The number of hydrogen-bond donors (Lipinski definition) is 2. The Labute approximate surface area is 97.0 Å². The first-order valence-corrected chi connectivity index (χ1v) is 5.51. The van der Waals surface area contributed by atoms with Crippen molar-refractivity contribution in [1.82, 2.24) is 20.0 Å². The fourth-order valence-electron chi connectivity index (χ4n) is 2.36. The van der Waals surface area contributed by atoms with Crippen molar-refractivity contribution in [2.75, 3.05) is 13.1 Å². The van der Waals surface area contributed by atoms with Crippen molar-refractivity contribution in [2.24, 2.45) is 0 Å². The maximum absolute atomic E-state index is 11.8. The zero-order valence-corrected chi connectivity index (χ0v) is 9.14. The van der Waals surface area contributed by atoms with Crippen molar-refractivity contribution < 1.29 is 14.7 Å². The molecule has 1 aromatic rings. The van der Waals surface area contributed by atoms with E-state index in [0.717, 1.165) is 11.3 Å². The highest BCUT2D eigenvalue weighted by Crippen LogP contribution is 2.23. The van der Waals surface area contributed by atoms with Crippen LogP contribution < -0.4 is 5.32 Å². The van der Waals surface area contributed by atoms with E-state index in [1.165, 1.54) is 4.90 Å². The number of aromatic nitrogens is 2. The van der Waals surface area contributed by atoms with Gasteiger partial charge in [-0.3, -0.25) is 9.48 Å². The molecule has 0 fully saturated rings. The van der Waals surface area contributed by atoms with Gasteiger partial charge in [0.25, 0.3) is 5.91 Å². The molecule has 0 spiro atoms. The third-order valence-corrected chi connectivity index (χ3v) is 3.20. The third-order valence-electron chi connectivity index (χ3n) is 3.20. The van der Waals surface area contributed by atoms with E-state index in [0.29, 0.717) is 31.7 Å². The second-order valence-corrected chi connectivity index (χ2v) is 4.21. The normalized spacial score (nSPS) is 18.4. The zero-order valence-electron chi connectivity index (χ0n) is 9.14. The fourth-order valence-corrected chi connectivity index (χ4v) is 2.36.